The molecular formula is C31H39F2N5O4. The van der Waals surface area contributed by atoms with Crippen molar-refractivity contribution >= 4 is 17.7 Å². The number of aliphatic carboxylic acids is 1. The minimum Gasteiger partial charge on any atom is -0.480 e. The summed E-state index contributed by atoms with van der Waals surface area (Å²) in [6, 6.07) is 8.78. The Bertz CT molecular complexity index is 1290. The number of alkyl halides is 1. The second-order valence-electron chi connectivity index (χ2n) is 11.2. The fourth-order valence-electron chi connectivity index (χ4n) is 5.49. The van der Waals surface area contributed by atoms with E-state index >= 15 is 0 Å². The molecule has 1 aliphatic heterocycles. The highest BCUT2D eigenvalue weighted by Gasteiger charge is 2.53. The molecule has 1 aliphatic carbocycles. The molecule has 4 rings (SSSR count). The van der Waals surface area contributed by atoms with E-state index in [1.807, 2.05) is 11.0 Å². The molecule has 11 heteroatoms. The van der Waals surface area contributed by atoms with Crippen molar-refractivity contribution in [3.63, 3.8) is 0 Å². The number of halogens is 2. The average Bonchev–Trinajstić information content (AvgIpc) is 3.81. The number of carboxylic acids is 1. The van der Waals surface area contributed by atoms with Crippen molar-refractivity contribution in [1.29, 1.82) is 5.26 Å². The molecule has 9 nitrogen and oxygen atoms in total. The van der Waals surface area contributed by atoms with Gasteiger partial charge in [-0.25, -0.2) is 18.6 Å². The number of carbonyl (C=O) groups is 2. The number of benzene rings is 1. The first kappa shape index (κ1) is 31.3. The fraction of sp³-hybridized carbons (Fsp3) is 0.548. The molecule has 0 spiro atoms. The van der Waals surface area contributed by atoms with Crippen LogP contribution in [0.1, 0.15) is 60.9 Å². The zero-order valence-electron chi connectivity index (χ0n) is 24.0. The van der Waals surface area contributed by atoms with Crippen LogP contribution in [0.5, 0.6) is 0 Å². The van der Waals surface area contributed by atoms with Crippen LogP contribution in [0.4, 0.5) is 14.6 Å². The van der Waals surface area contributed by atoms with E-state index in [0.717, 1.165) is 56.2 Å². The van der Waals surface area contributed by atoms with E-state index in [4.69, 9.17) is 9.72 Å². The molecule has 1 aromatic heterocycles. The van der Waals surface area contributed by atoms with Crippen LogP contribution in [0.25, 0.3) is 0 Å². The predicted molar refractivity (Wildman–Crippen MR) is 153 cm³/mol. The first-order valence-electron chi connectivity index (χ1n) is 14.6. The number of nitriles is 1. The van der Waals surface area contributed by atoms with E-state index in [1.165, 1.54) is 24.8 Å². The van der Waals surface area contributed by atoms with Gasteiger partial charge < -0.3 is 25.4 Å². The maximum Gasteiger partial charge on any atom is 0.326 e. The number of anilines is 1. The Hall–Kier alpha value is -3.62. The van der Waals surface area contributed by atoms with E-state index < -0.39 is 41.9 Å². The van der Waals surface area contributed by atoms with Crippen LogP contribution in [0.2, 0.25) is 0 Å². The lowest BCUT2D eigenvalue weighted by atomic mass is 9.92. The lowest BCUT2D eigenvalue weighted by Gasteiger charge is -2.27. The van der Waals surface area contributed by atoms with Crippen LogP contribution in [-0.2, 0) is 32.6 Å². The molecule has 2 unspecified atom stereocenters. The number of rotatable bonds is 16. The Morgan fingerprint density at radius 1 is 1.26 bits per heavy atom. The molecular weight excluding hydrogens is 544 g/mol. The number of aromatic nitrogens is 1. The van der Waals surface area contributed by atoms with E-state index in [1.54, 1.807) is 0 Å². The SMILES string of the molecule is COC(CF)CN(CCCCc1ccc2c(n1)NCCC2)CCC(NC(=O)C1(c2cc(C#N)ccc2F)CC1)C(=O)O. The number of hydrogen-bond donors (Lipinski definition) is 3. The third-order valence-corrected chi connectivity index (χ3v) is 8.21. The monoisotopic (exact) mass is 583 g/mol. The second kappa shape index (κ2) is 14.5. The van der Waals surface area contributed by atoms with Crippen LogP contribution in [0.15, 0.2) is 30.3 Å². The Morgan fingerprint density at radius 3 is 2.76 bits per heavy atom. The largest absolute Gasteiger partial charge is 0.480 e. The third-order valence-electron chi connectivity index (χ3n) is 8.21. The summed E-state index contributed by atoms with van der Waals surface area (Å²) in [5, 5.41) is 25.0. The molecule has 226 valence electrons. The number of carboxylic acid groups (broad SMARTS) is 1. The van der Waals surface area contributed by atoms with Crippen molar-refractivity contribution in [2.24, 2.45) is 0 Å². The van der Waals surface area contributed by atoms with Gasteiger partial charge in [0.25, 0.3) is 0 Å². The maximum absolute atomic E-state index is 14.6. The quantitative estimate of drug-likeness (QED) is 0.255. The van der Waals surface area contributed by atoms with Crippen molar-refractivity contribution in [2.45, 2.75) is 68.9 Å². The van der Waals surface area contributed by atoms with Crippen molar-refractivity contribution in [3.05, 3.63) is 58.5 Å². The Morgan fingerprint density at radius 2 is 2.07 bits per heavy atom. The minimum atomic E-state index is -1.21. The van der Waals surface area contributed by atoms with Gasteiger partial charge in [0, 0.05) is 38.0 Å². The van der Waals surface area contributed by atoms with Crippen LogP contribution < -0.4 is 10.6 Å². The summed E-state index contributed by atoms with van der Waals surface area (Å²) < 4.78 is 33.3. The molecule has 3 N–H and O–H groups in total. The number of hydrogen-bond acceptors (Lipinski definition) is 7. The van der Waals surface area contributed by atoms with Gasteiger partial charge in [-0.2, -0.15) is 5.26 Å². The predicted octanol–water partition coefficient (Wildman–Crippen LogP) is 3.75. The average molecular weight is 584 g/mol. The van der Waals surface area contributed by atoms with Gasteiger partial charge >= 0.3 is 5.97 Å². The molecule has 0 saturated heterocycles. The molecule has 2 aliphatic rings. The van der Waals surface area contributed by atoms with Crippen LogP contribution >= 0.6 is 0 Å². The minimum absolute atomic E-state index is 0.0820. The lowest BCUT2D eigenvalue weighted by Crippen LogP contribution is -2.48. The highest BCUT2D eigenvalue weighted by atomic mass is 19.1. The van der Waals surface area contributed by atoms with Crippen molar-refractivity contribution in [1.82, 2.24) is 15.2 Å². The molecule has 2 aromatic rings. The van der Waals surface area contributed by atoms with Gasteiger partial charge in [0.1, 0.15) is 24.4 Å². The zero-order chi connectivity index (χ0) is 30.1. The van der Waals surface area contributed by atoms with Crippen molar-refractivity contribution in [3.8, 4) is 6.07 Å². The Kier molecular flexibility index (Phi) is 10.8. The van der Waals surface area contributed by atoms with Crippen molar-refractivity contribution < 1.29 is 28.2 Å². The summed E-state index contributed by atoms with van der Waals surface area (Å²) >= 11 is 0. The number of carbonyl (C=O) groups excluding carboxylic acids is 1. The van der Waals surface area contributed by atoms with E-state index in [9.17, 15) is 28.7 Å². The molecule has 0 radical (unpaired) electrons. The number of amides is 1. The number of fused-ring (bicyclic) bond motifs is 1. The Balaban J connectivity index is 1.34. The van der Waals surface area contributed by atoms with Gasteiger partial charge in [0.05, 0.1) is 23.2 Å². The van der Waals surface area contributed by atoms with Crippen LogP contribution in [0, 0.1) is 17.1 Å². The van der Waals surface area contributed by atoms with Crippen LogP contribution in [-0.4, -0.2) is 79.0 Å². The lowest BCUT2D eigenvalue weighted by molar-refractivity contribution is -0.142. The maximum atomic E-state index is 14.6. The van der Waals surface area contributed by atoms with Crippen molar-refractivity contribution in [2.75, 3.05) is 45.3 Å². The number of methoxy groups -OCH3 is 1. The first-order chi connectivity index (χ1) is 20.3. The zero-order valence-corrected chi connectivity index (χ0v) is 24.0. The Labute approximate surface area is 245 Å². The number of nitrogens with zero attached hydrogens (tertiary/aromatic N) is 3. The summed E-state index contributed by atoms with van der Waals surface area (Å²) in [5.74, 6) is -1.41. The number of unbranched alkanes of at least 4 members (excludes halogenated alkanes) is 1. The van der Waals surface area contributed by atoms with Crippen LogP contribution in [0.3, 0.4) is 0 Å². The fourth-order valence-corrected chi connectivity index (χ4v) is 5.49. The van der Waals surface area contributed by atoms with Gasteiger partial charge in [-0.3, -0.25) is 4.79 Å². The standard InChI is InChI=1S/C31H39F2N5O4/c1-42-24(18-32)20-38(15-3-2-6-23-9-8-22-5-4-14-35-28(22)36-23)16-11-27(29(39)40)37-30(41)31(12-13-31)25-17-21(19-34)7-10-26(25)33/h7-10,17,24,27H,2-6,11-16,18,20H2,1H3,(H,35,36)(H,37,41)(H,39,40). The van der Waals surface area contributed by atoms with Gasteiger partial charge in [-0.15, -0.1) is 0 Å². The van der Waals surface area contributed by atoms with Gasteiger partial charge in [0.15, 0.2) is 0 Å². The second-order valence-corrected chi connectivity index (χ2v) is 11.2. The van der Waals surface area contributed by atoms with Gasteiger partial charge in [0.2, 0.25) is 5.91 Å². The summed E-state index contributed by atoms with van der Waals surface area (Å²) in [6.45, 7) is 1.43. The molecule has 2 heterocycles. The summed E-state index contributed by atoms with van der Waals surface area (Å²) in [6.07, 6.45) is 4.73. The number of aryl methyl sites for hydroxylation is 2. The molecule has 1 saturated carbocycles. The summed E-state index contributed by atoms with van der Waals surface area (Å²) in [5.41, 5.74) is 1.41. The number of nitrogens with one attached hydrogen (secondary N) is 2. The van der Waals surface area contributed by atoms with E-state index in [2.05, 4.69) is 22.8 Å². The summed E-state index contributed by atoms with van der Waals surface area (Å²) in [7, 11) is 1.44. The molecule has 1 aromatic carbocycles. The normalized spacial score (nSPS) is 16.5. The molecule has 42 heavy (non-hydrogen) atoms. The highest BCUT2D eigenvalue weighted by molar-refractivity contribution is 5.94. The topological polar surface area (TPSA) is 128 Å². The summed E-state index contributed by atoms with van der Waals surface area (Å²) in [4.78, 5) is 32.0. The van der Waals surface area contributed by atoms with Gasteiger partial charge in [-0.05, 0) is 87.7 Å². The molecule has 1 fully saturated rings. The van der Waals surface area contributed by atoms with E-state index in [0.29, 0.717) is 25.9 Å². The smallest absolute Gasteiger partial charge is 0.326 e. The first-order valence-corrected chi connectivity index (χ1v) is 14.6. The highest BCUT2D eigenvalue weighted by Crippen LogP contribution is 2.49. The number of pyridine rings is 1. The third kappa shape index (κ3) is 7.81. The molecule has 0 bridgehead atoms. The van der Waals surface area contributed by atoms with Gasteiger partial charge in [-0.1, -0.05) is 6.07 Å². The molecule has 1 amide bonds. The molecule has 2 atom stereocenters. The number of ether oxygens (including phenoxy) is 1. The van der Waals surface area contributed by atoms with E-state index in [-0.39, 0.29) is 24.1 Å².